The van der Waals surface area contributed by atoms with Gasteiger partial charge in [-0.2, -0.15) is 0 Å². The molecule has 0 radical (unpaired) electrons. The van der Waals surface area contributed by atoms with Gasteiger partial charge in [-0.25, -0.2) is 4.79 Å². The highest BCUT2D eigenvalue weighted by Gasteiger charge is 2.36. The second-order valence-corrected chi connectivity index (χ2v) is 9.03. The first-order valence-corrected chi connectivity index (χ1v) is 10.2. The van der Waals surface area contributed by atoms with Crippen LogP contribution in [-0.2, 0) is 11.3 Å². The first kappa shape index (κ1) is 21.0. The van der Waals surface area contributed by atoms with Crippen LogP contribution < -0.4 is 5.32 Å². The van der Waals surface area contributed by atoms with Crippen LogP contribution in [0, 0.1) is 0 Å². The summed E-state index contributed by atoms with van der Waals surface area (Å²) in [5.74, 6) is 0.103. The molecule has 2 aromatic rings. The Balaban J connectivity index is 1.78. The second kappa shape index (κ2) is 8.73. The van der Waals surface area contributed by atoms with Crippen molar-refractivity contribution < 1.29 is 9.53 Å². The summed E-state index contributed by atoms with van der Waals surface area (Å²) in [6.07, 6.45) is -0.399. The topological polar surface area (TPSA) is 41.6 Å². The number of carbonyl (C=O) groups is 1. The molecule has 1 amide bonds. The van der Waals surface area contributed by atoms with Gasteiger partial charge in [-0.1, -0.05) is 59.6 Å². The molecule has 1 N–H and O–H groups in total. The fraction of sp³-hybridized carbons (Fsp3) is 0.409. The number of halogens is 2. The molecule has 1 saturated heterocycles. The number of rotatable bonds is 4. The van der Waals surface area contributed by atoms with Crippen molar-refractivity contribution in [1.82, 2.24) is 10.2 Å². The van der Waals surface area contributed by atoms with Crippen LogP contribution in [0.3, 0.4) is 0 Å². The molecule has 3 rings (SSSR count). The standard InChI is InChI=1S/C22H26Cl2N2O2/c1-22(2,3)28-21(27)25-20-14-26(12-15-7-5-4-6-8-15)13-17(20)16-9-10-18(23)19(24)11-16/h4-11,17,20H,12-14H2,1-3H3,(H,25,27)/t17-,20+/m0/s1. The molecule has 0 aliphatic carbocycles. The number of nitrogens with one attached hydrogen (secondary N) is 1. The van der Waals surface area contributed by atoms with E-state index >= 15 is 0 Å². The van der Waals surface area contributed by atoms with Crippen LogP contribution in [0.1, 0.15) is 37.8 Å². The van der Waals surface area contributed by atoms with E-state index in [0.717, 1.165) is 25.2 Å². The first-order valence-electron chi connectivity index (χ1n) is 9.42. The molecular weight excluding hydrogens is 395 g/mol. The van der Waals surface area contributed by atoms with E-state index in [0.29, 0.717) is 10.0 Å². The van der Waals surface area contributed by atoms with Gasteiger partial charge in [0.05, 0.1) is 16.1 Å². The summed E-state index contributed by atoms with van der Waals surface area (Å²) >= 11 is 12.3. The number of nitrogens with zero attached hydrogens (tertiary/aromatic N) is 1. The molecule has 150 valence electrons. The van der Waals surface area contributed by atoms with E-state index in [2.05, 4.69) is 22.3 Å². The van der Waals surface area contributed by atoms with Gasteiger partial charge in [0.2, 0.25) is 0 Å². The monoisotopic (exact) mass is 420 g/mol. The molecule has 1 aliphatic heterocycles. The van der Waals surface area contributed by atoms with Crippen LogP contribution in [0.2, 0.25) is 10.0 Å². The molecule has 0 saturated carbocycles. The predicted molar refractivity (Wildman–Crippen MR) is 114 cm³/mol. The van der Waals surface area contributed by atoms with Crippen molar-refractivity contribution in [3.05, 3.63) is 69.7 Å². The van der Waals surface area contributed by atoms with Gasteiger partial charge < -0.3 is 10.1 Å². The molecule has 1 fully saturated rings. The molecule has 28 heavy (non-hydrogen) atoms. The minimum absolute atomic E-state index is 0.0733. The number of likely N-dealkylation sites (tertiary alicyclic amines) is 1. The quantitative estimate of drug-likeness (QED) is 0.710. The van der Waals surface area contributed by atoms with Gasteiger partial charge in [0.25, 0.3) is 0 Å². The fourth-order valence-corrected chi connectivity index (χ4v) is 3.85. The number of hydrogen-bond donors (Lipinski definition) is 1. The lowest BCUT2D eigenvalue weighted by Crippen LogP contribution is -2.42. The van der Waals surface area contributed by atoms with Crippen LogP contribution in [-0.4, -0.2) is 35.7 Å². The predicted octanol–water partition coefficient (Wildman–Crippen LogP) is 5.49. The number of amides is 1. The third-order valence-corrected chi connectivity index (χ3v) is 5.46. The van der Waals surface area contributed by atoms with Crippen molar-refractivity contribution in [3.63, 3.8) is 0 Å². The lowest BCUT2D eigenvalue weighted by molar-refractivity contribution is 0.0502. The summed E-state index contributed by atoms with van der Waals surface area (Å²) < 4.78 is 5.46. The van der Waals surface area contributed by atoms with Crippen molar-refractivity contribution in [2.45, 2.75) is 44.9 Å². The maximum absolute atomic E-state index is 12.4. The third-order valence-electron chi connectivity index (χ3n) is 4.72. The van der Waals surface area contributed by atoms with Gasteiger partial charge in [-0.05, 0) is 44.0 Å². The van der Waals surface area contributed by atoms with Crippen LogP contribution >= 0.6 is 23.2 Å². The smallest absolute Gasteiger partial charge is 0.407 e. The Morgan fingerprint density at radius 2 is 1.82 bits per heavy atom. The molecule has 1 heterocycles. The number of benzene rings is 2. The van der Waals surface area contributed by atoms with Crippen LogP contribution in [0.25, 0.3) is 0 Å². The maximum atomic E-state index is 12.4. The van der Waals surface area contributed by atoms with E-state index in [1.54, 1.807) is 0 Å². The summed E-state index contributed by atoms with van der Waals surface area (Å²) in [6, 6.07) is 15.9. The Labute approximate surface area is 176 Å². The van der Waals surface area contributed by atoms with E-state index in [1.807, 2.05) is 57.2 Å². The summed E-state index contributed by atoms with van der Waals surface area (Å²) in [5, 5.41) is 4.11. The van der Waals surface area contributed by atoms with Crippen LogP contribution in [0.15, 0.2) is 48.5 Å². The van der Waals surface area contributed by atoms with Gasteiger partial charge in [0.1, 0.15) is 5.60 Å². The van der Waals surface area contributed by atoms with Crippen LogP contribution in [0.4, 0.5) is 4.79 Å². The lowest BCUT2D eigenvalue weighted by atomic mass is 9.94. The van der Waals surface area contributed by atoms with Crippen molar-refractivity contribution >= 4 is 29.3 Å². The summed E-state index contributed by atoms with van der Waals surface area (Å²) in [7, 11) is 0. The minimum atomic E-state index is -0.536. The van der Waals surface area contributed by atoms with Crippen LogP contribution in [0.5, 0.6) is 0 Å². The average Bonchev–Trinajstić information content (AvgIpc) is 2.98. The van der Waals surface area contributed by atoms with E-state index in [-0.39, 0.29) is 12.0 Å². The summed E-state index contributed by atoms with van der Waals surface area (Å²) in [6.45, 7) is 7.95. The highest BCUT2D eigenvalue weighted by Crippen LogP contribution is 2.33. The molecular formula is C22H26Cl2N2O2. The SMILES string of the molecule is CC(C)(C)OC(=O)N[C@@H]1CN(Cc2ccccc2)C[C@H]1c1ccc(Cl)c(Cl)c1. The number of ether oxygens (including phenoxy) is 1. The number of alkyl carbamates (subject to hydrolysis) is 1. The first-order chi connectivity index (χ1) is 13.2. The molecule has 0 aromatic heterocycles. The highest BCUT2D eigenvalue weighted by molar-refractivity contribution is 6.42. The van der Waals surface area contributed by atoms with Gasteiger partial charge in [-0.15, -0.1) is 0 Å². The number of carbonyl (C=O) groups excluding carboxylic acids is 1. The van der Waals surface area contributed by atoms with Gasteiger partial charge in [0, 0.05) is 25.6 Å². The normalized spacial score (nSPS) is 20.2. The van der Waals surface area contributed by atoms with E-state index in [9.17, 15) is 4.79 Å². The van der Waals surface area contributed by atoms with Gasteiger partial charge in [-0.3, -0.25) is 4.90 Å². The van der Waals surface area contributed by atoms with Crippen molar-refractivity contribution in [1.29, 1.82) is 0 Å². The molecule has 0 bridgehead atoms. The molecule has 2 atom stereocenters. The van der Waals surface area contributed by atoms with Gasteiger partial charge >= 0.3 is 6.09 Å². The van der Waals surface area contributed by atoms with Gasteiger partial charge in [0.15, 0.2) is 0 Å². The Morgan fingerprint density at radius 1 is 1.11 bits per heavy atom. The minimum Gasteiger partial charge on any atom is -0.444 e. The molecule has 4 nitrogen and oxygen atoms in total. The van der Waals surface area contributed by atoms with E-state index < -0.39 is 11.7 Å². The Hall–Kier alpha value is -1.75. The third kappa shape index (κ3) is 5.63. The highest BCUT2D eigenvalue weighted by atomic mass is 35.5. The Kier molecular flexibility index (Phi) is 6.54. The zero-order valence-corrected chi connectivity index (χ0v) is 17.9. The molecule has 1 aliphatic rings. The Bertz CT molecular complexity index is 821. The lowest BCUT2D eigenvalue weighted by Gasteiger charge is -2.24. The van der Waals surface area contributed by atoms with E-state index in [1.165, 1.54) is 5.56 Å². The average molecular weight is 421 g/mol. The largest absolute Gasteiger partial charge is 0.444 e. The van der Waals surface area contributed by atoms with Crippen molar-refractivity contribution in [2.24, 2.45) is 0 Å². The zero-order valence-electron chi connectivity index (χ0n) is 16.4. The molecule has 6 heteroatoms. The number of hydrogen-bond acceptors (Lipinski definition) is 3. The van der Waals surface area contributed by atoms with E-state index in [4.69, 9.17) is 27.9 Å². The summed E-state index contributed by atoms with van der Waals surface area (Å²) in [5.41, 5.74) is 1.77. The molecule has 0 unspecified atom stereocenters. The Morgan fingerprint density at radius 3 is 2.46 bits per heavy atom. The summed E-state index contributed by atoms with van der Waals surface area (Å²) in [4.78, 5) is 14.7. The fourth-order valence-electron chi connectivity index (χ4n) is 3.54. The van der Waals surface area contributed by atoms with Crippen molar-refractivity contribution in [3.8, 4) is 0 Å². The molecule has 2 aromatic carbocycles. The second-order valence-electron chi connectivity index (χ2n) is 8.21. The molecule has 0 spiro atoms. The zero-order chi connectivity index (χ0) is 20.3. The maximum Gasteiger partial charge on any atom is 0.407 e. The van der Waals surface area contributed by atoms with Crippen molar-refractivity contribution in [2.75, 3.05) is 13.1 Å².